The number of rotatable bonds is 5. The van der Waals surface area contributed by atoms with Crippen molar-refractivity contribution in [1.82, 2.24) is 5.06 Å². The monoisotopic (exact) mass is 403 g/mol. The van der Waals surface area contributed by atoms with Crippen molar-refractivity contribution in [1.29, 1.82) is 0 Å². The SMILES string of the molecule is O=C1CC(OS(=O)(=O)C(F)(F)F)C(=O)N1OS(=O)(=O)c1ccccc1. The third-order valence-corrected chi connectivity index (χ3v) is 5.04. The van der Waals surface area contributed by atoms with Crippen LogP contribution in [0.5, 0.6) is 0 Å². The molecule has 0 aromatic heterocycles. The fourth-order valence-corrected chi connectivity index (χ4v) is 3.17. The Labute approximate surface area is 139 Å². The minimum Gasteiger partial charge on any atom is -0.272 e. The van der Waals surface area contributed by atoms with Gasteiger partial charge in [0, 0.05) is 0 Å². The van der Waals surface area contributed by atoms with Gasteiger partial charge in [-0.2, -0.15) is 30.0 Å². The van der Waals surface area contributed by atoms with E-state index in [1.165, 1.54) is 18.2 Å². The predicted octanol–water partition coefficient (Wildman–Crippen LogP) is 0.301. The van der Waals surface area contributed by atoms with Gasteiger partial charge in [0.25, 0.3) is 11.8 Å². The van der Waals surface area contributed by atoms with Crippen LogP contribution in [0.3, 0.4) is 0 Å². The lowest BCUT2D eigenvalue weighted by Crippen LogP contribution is -2.37. The van der Waals surface area contributed by atoms with Gasteiger partial charge >= 0.3 is 25.7 Å². The Morgan fingerprint density at radius 1 is 1.04 bits per heavy atom. The van der Waals surface area contributed by atoms with E-state index in [1.807, 2.05) is 0 Å². The highest BCUT2D eigenvalue weighted by Gasteiger charge is 2.53. The number of hydrogen-bond donors (Lipinski definition) is 0. The van der Waals surface area contributed by atoms with Crippen molar-refractivity contribution < 1.29 is 48.1 Å². The molecule has 1 aromatic carbocycles. The number of hydrogen-bond acceptors (Lipinski definition) is 8. The van der Waals surface area contributed by atoms with Crippen LogP contribution in [0.1, 0.15) is 6.42 Å². The summed E-state index contributed by atoms with van der Waals surface area (Å²) in [5, 5.41) is -0.348. The Hall–Kier alpha value is -2.03. The van der Waals surface area contributed by atoms with Crippen LogP contribution in [-0.4, -0.2) is 45.3 Å². The Kier molecular flexibility index (Phi) is 4.91. The maximum absolute atomic E-state index is 12.3. The van der Waals surface area contributed by atoms with Crippen LogP contribution in [-0.2, 0) is 38.3 Å². The predicted molar refractivity (Wildman–Crippen MR) is 71.0 cm³/mol. The first-order valence-electron chi connectivity index (χ1n) is 6.21. The van der Waals surface area contributed by atoms with E-state index in [2.05, 4.69) is 8.47 Å². The van der Waals surface area contributed by atoms with Crippen LogP contribution in [0, 0.1) is 0 Å². The largest absolute Gasteiger partial charge is 0.523 e. The normalized spacial score (nSPS) is 19.5. The molecular weight excluding hydrogens is 395 g/mol. The molecule has 9 nitrogen and oxygen atoms in total. The number of benzene rings is 1. The van der Waals surface area contributed by atoms with E-state index < -0.39 is 55.0 Å². The lowest BCUT2D eigenvalue weighted by molar-refractivity contribution is -0.165. The second-order valence-corrected chi connectivity index (χ2v) is 7.65. The number of nitrogens with zero attached hydrogens (tertiary/aromatic N) is 1. The van der Waals surface area contributed by atoms with Gasteiger partial charge in [0.1, 0.15) is 0 Å². The molecule has 0 aliphatic carbocycles. The summed E-state index contributed by atoms with van der Waals surface area (Å²) in [4.78, 5) is 22.9. The first-order valence-corrected chi connectivity index (χ1v) is 9.03. The van der Waals surface area contributed by atoms with Crippen molar-refractivity contribution >= 4 is 32.1 Å². The van der Waals surface area contributed by atoms with Crippen LogP contribution in [0.15, 0.2) is 35.2 Å². The summed E-state index contributed by atoms with van der Waals surface area (Å²) in [5.74, 6) is -3.08. The van der Waals surface area contributed by atoms with E-state index in [0.717, 1.165) is 12.1 Å². The molecule has 1 aliphatic heterocycles. The molecule has 0 saturated carbocycles. The topological polar surface area (TPSA) is 124 Å². The molecule has 0 N–H and O–H groups in total. The van der Waals surface area contributed by atoms with E-state index >= 15 is 0 Å². The second kappa shape index (κ2) is 6.36. The number of halogens is 3. The molecule has 1 heterocycles. The van der Waals surface area contributed by atoms with Crippen molar-refractivity contribution in [3.63, 3.8) is 0 Å². The van der Waals surface area contributed by atoms with Gasteiger partial charge in [0.15, 0.2) is 6.10 Å². The minimum absolute atomic E-state index is 0.348. The minimum atomic E-state index is -6.16. The first kappa shape index (κ1) is 19.3. The van der Waals surface area contributed by atoms with Gasteiger partial charge in [-0.3, -0.25) is 9.59 Å². The van der Waals surface area contributed by atoms with E-state index in [-0.39, 0.29) is 5.06 Å². The number of hydroxylamine groups is 2. The van der Waals surface area contributed by atoms with Crippen molar-refractivity contribution in [2.75, 3.05) is 0 Å². The van der Waals surface area contributed by atoms with Crippen molar-refractivity contribution in [2.45, 2.75) is 22.9 Å². The fraction of sp³-hybridized carbons (Fsp3) is 0.273. The summed E-state index contributed by atoms with van der Waals surface area (Å²) in [7, 11) is -10.8. The summed E-state index contributed by atoms with van der Waals surface area (Å²) in [5.41, 5.74) is -5.82. The summed E-state index contributed by atoms with van der Waals surface area (Å²) in [6.07, 6.45) is -3.52. The van der Waals surface area contributed by atoms with Crippen LogP contribution in [0.25, 0.3) is 0 Å². The van der Waals surface area contributed by atoms with Gasteiger partial charge in [0.2, 0.25) is 0 Å². The zero-order chi connectivity index (χ0) is 19.0. The summed E-state index contributed by atoms with van der Waals surface area (Å²) < 4.78 is 90.3. The number of imide groups is 1. The van der Waals surface area contributed by atoms with Gasteiger partial charge in [-0.25, -0.2) is 4.18 Å². The highest BCUT2D eigenvalue weighted by atomic mass is 32.2. The molecule has 0 bridgehead atoms. The number of carbonyl (C=O) groups excluding carboxylic acids is 2. The smallest absolute Gasteiger partial charge is 0.272 e. The highest BCUT2D eigenvalue weighted by Crippen LogP contribution is 2.29. The average Bonchev–Trinajstić information content (AvgIpc) is 2.74. The Bertz CT molecular complexity index is 895. The Morgan fingerprint density at radius 2 is 1.60 bits per heavy atom. The van der Waals surface area contributed by atoms with E-state index in [4.69, 9.17) is 0 Å². The molecule has 2 amide bonds. The first-order chi connectivity index (χ1) is 11.3. The molecule has 1 fully saturated rings. The summed E-state index contributed by atoms with van der Waals surface area (Å²) in [6.45, 7) is 0. The van der Waals surface area contributed by atoms with Crippen molar-refractivity contribution in [3.8, 4) is 0 Å². The maximum Gasteiger partial charge on any atom is 0.523 e. The Morgan fingerprint density at radius 3 is 2.12 bits per heavy atom. The molecule has 1 aromatic rings. The average molecular weight is 403 g/mol. The molecule has 14 heteroatoms. The standard InChI is InChI=1S/C11H8F3NO8S2/c12-11(13,14)25(20,21)22-8-6-9(16)15(10(8)17)23-24(18,19)7-4-2-1-3-5-7/h1-5,8H,6H2. The van der Waals surface area contributed by atoms with Gasteiger partial charge in [-0.05, 0) is 12.1 Å². The zero-order valence-corrected chi connectivity index (χ0v) is 13.5. The molecule has 1 atom stereocenters. The molecule has 1 saturated heterocycles. The number of amides is 2. The van der Waals surface area contributed by atoms with Gasteiger partial charge in [-0.15, -0.1) is 9.35 Å². The molecule has 1 unspecified atom stereocenters. The van der Waals surface area contributed by atoms with E-state index in [0.29, 0.717) is 0 Å². The zero-order valence-electron chi connectivity index (χ0n) is 11.8. The lowest BCUT2D eigenvalue weighted by Gasteiger charge is -2.14. The molecule has 138 valence electrons. The van der Waals surface area contributed by atoms with Crippen LogP contribution in [0.2, 0.25) is 0 Å². The van der Waals surface area contributed by atoms with E-state index in [9.17, 15) is 39.6 Å². The summed E-state index contributed by atoms with van der Waals surface area (Å²) >= 11 is 0. The van der Waals surface area contributed by atoms with Gasteiger partial charge in [0.05, 0.1) is 11.3 Å². The van der Waals surface area contributed by atoms with Crippen molar-refractivity contribution in [3.05, 3.63) is 30.3 Å². The quantitative estimate of drug-likeness (QED) is 0.391. The van der Waals surface area contributed by atoms with Crippen molar-refractivity contribution in [2.24, 2.45) is 0 Å². The molecule has 25 heavy (non-hydrogen) atoms. The van der Waals surface area contributed by atoms with Gasteiger partial charge < -0.3 is 0 Å². The summed E-state index contributed by atoms with van der Waals surface area (Å²) in [6, 6.07) is 6.24. The third-order valence-electron chi connectivity index (χ3n) is 2.79. The van der Waals surface area contributed by atoms with Crippen LogP contribution >= 0.6 is 0 Å². The van der Waals surface area contributed by atoms with E-state index in [1.54, 1.807) is 0 Å². The van der Waals surface area contributed by atoms with Crippen LogP contribution < -0.4 is 0 Å². The molecule has 0 spiro atoms. The molecular formula is C11H8F3NO8S2. The van der Waals surface area contributed by atoms with Crippen LogP contribution in [0.4, 0.5) is 13.2 Å². The van der Waals surface area contributed by atoms with Gasteiger partial charge in [-0.1, -0.05) is 18.2 Å². The Balaban J connectivity index is 2.20. The highest BCUT2D eigenvalue weighted by molar-refractivity contribution is 7.87. The lowest BCUT2D eigenvalue weighted by atomic mass is 10.3. The number of carbonyl (C=O) groups is 2. The second-order valence-electron chi connectivity index (χ2n) is 4.56. The molecule has 1 aliphatic rings. The maximum atomic E-state index is 12.3. The molecule has 2 rings (SSSR count). The number of alkyl halides is 3. The fourth-order valence-electron chi connectivity index (χ4n) is 1.67. The molecule has 0 radical (unpaired) electrons. The third kappa shape index (κ3) is 3.97.